The van der Waals surface area contributed by atoms with E-state index in [2.05, 4.69) is 36.2 Å². The molecule has 0 bridgehead atoms. The zero-order valence-electron chi connectivity index (χ0n) is 14.0. The van der Waals surface area contributed by atoms with E-state index >= 15 is 0 Å². The maximum absolute atomic E-state index is 12.6. The van der Waals surface area contributed by atoms with Crippen molar-refractivity contribution in [2.24, 2.45) is 0 Å². The van der Waals surface area contributed by atoms with Crippen molar-refractivity contribution in [1.82, 2.24) is 19.5 Å². The van der Waals surface area contributed by atoms with Crippen LogP contribution in [0, 0.1) is 6.92 Å². The summed E-state index contributed by atoms with van der Waals surface area (Å²) < 4.78 is 7.78. The monoisotopic (exact) mass is 425 g/mol. The van der Waals surface area contributed by atoms with E-state index in [-0.39, 0.29) is 11.4 Å². The molecule has 0 atom stereocenters. The van der Waals surface area contributed by atoms with Crippen LogP contribution in [0.2, 0.25) is 0 Å². The van der Waals surface area contributed by atoms with Gasteiger partial charge in [-0.3, -0.25) is 9.36 Å². The van der Waals surface area contributed by atoms with Crippen molar-refractivity contribution in [3.05, 3.63) is 75.3 Å². The highest BCUT2D eigenvalue weighted by atomic mass is 79.9. The first kappa shape index (κ1) is 17.1. The Labute approximate surface area is 161 Å². The number of hydrogen-bond acceptors (Lipinski definition) is 6. The number of carbonyl (C=O) groups excluding carboxylic acids is 1. The number of nitrogens with zero attached hydrogens (tertiary/aromatic N) is 4. The van der Waals surface area contributed by atoms with Gasteiger partial charge in [0.15, 0.2) is 0 Å². The second kappa shape index (κ2) is 6.76. The predicted molar refractivity (Wildman–Crippen MR) is 102 cm³/mol. The molecule has 134 valence electrons. The van der Waals surface area contributed by atoms with Crippen molar-refractivity contribution >= 4 is 38.6 Å². The third-order valence-electron chi connectivity index (χ3n) is 3.91. The maximum Gasteiger partial charge on any atom is 0.349 e. The van der Waals surface area contributed by atoms with Crippen LogP contribution in [0.15, 0.2) is 62.7 Å². The lowest BCUT2D eigenvalue weighted by atomic mass is 10.2. The standard InChI is InChI=1S/C18H12BrN5O3/c1-10-20-4-5-24(10)16-8-15(21-9-22-16)23-17(25)13-7-11-6-12(19)2-3-14(11)27-18(13)26/h2-9H,1H3,(H,21,22,23,25). The van der Waals surface area contributed by atoms with Crippen LogP contribution >= 0.6 is 15.9 Å². The number of imidazole rings is 1. The van der Waals surface area contributed by atoms with Crippen molar-refractivity contribution in [2.45, 2.75) is 6.92 Å². The van der Waals surface area contributed by atoms with Gasteiger partial charge in [-0.2, -0.15) is 0 Å². The number of aryl methyl sites for hydroxylation is 1. The minimum absolute atomic E-state index is 0.112. The molecule has 0 aliphatic rings. The summed E-state index contributed by atoms with van der Waals surface area (Å²) in [5, 5.41) is 3.24. The average molecular weight is 426 g/mol. The third-order valence-corrected chi connectivity index (χ3v) is 4.40. The Bertz CT molecular complexity index is 1230. The van der Waals surface area contributed by atoms with Crippen LogP contribution in [-0.2, 0) is 0 Å². The van der Waals surface area contributed by atoms with Crippen LogP contribution in [0.5, 0.6) is 0 Å². The summed E-state index contributed by atoms with van der Waals surface area (Å²) in [7, 11) is 0. The van der Waals surface area contributed by atoms with Crippen molar-refractivity contribution in [3.8, 4) is 5.82 Å². The molecule has 27 heavy (non-hydrogen) atoms. The topological polar surface area (TPSA) is 103 Å². The van der Waals surface area contributed by atoms with Crippen LogP contribution in [0.4, 0.5) is 5.82 Å². The fraction of sp³-hybridized carbons (Fsp3) is 0.0556. The van der Waals surface area contributed by atoms with Gasteiger partial charge in [0.05, 0.1) is 0 Å². The molecule has 3 heterocycles. The summed E-state index contributed by atoms with van der Waals surface area (Å²) in [6, 6.07) is 8.26. The fourth-order valence-electron chi connectivity index (χ4n) is 2.60. The number of aromatic nitrogens is 4. The second-order valence-electron chi connectivity index (χ2n) is 5.69. The molecule has 3 aromatic heterocycles. The van der Waals surface area contributed by atoms with Gasteiger partial charge >= 0.3 is 5.63 Å². The molecule has 1 amide bonds. The Morgan fingerprint density at radius 2 is 2.04 bits per heavy atom. The highest BCUT2D eigenvalue weighted by Crippen LogP contribution is 2.20. The molecule has 4 rings (SSSR count). The van der Waals surface area contributed by atoms with E-state index in [4.69, 9.17) is 4.42 Å². The Morgan fingerprint density at radius 1 is 1.19 bits per heavy atom. The Hall–Kier alpha value is -3.33. The van der Waals surface area contributed by atoms with Gasteiger partial charge in [-0.05, 0) is 31.2 Å². The summed E-state index contributed by atoms with van der Waals surface area (Å²) in [4.78, 5) is 37.1. The predicted octanol–water partition coefficient (Wildman–Crippen LogP) is 3.09. The zero-order valence-corrected chi connectivity index (χ0v) is 15.6. The first-order valence-electron chi connectivity index (χ1n) is 7.88. The van der Waals surface area contributed by atoms with Crippen LogP contribution in [0.1, 0.15) is 16.2 Å². The van der Waals surface area contributed by atoms with E-state index in [1.165, 1.54) is 12.4 Å². The summed E-state index contributed by atoms with van der Waals surface area (Å²) in [6.45, 7) is 1.83. The first-order valence-corrected chi connectivity index (χ1v) is 8.68. The Kier molecular flexibility index (Phi) is 4.28. The smallest absolute Gasteiger partial charge is 0.349 e. The number of amides is 1. The number of carbonyl (C=O) groups is 1. The van der Waals surface area contributed by atoms with Crippen LogP contribution < -0.4 is 10.9 Å². The van der Waals surface area contributed by atoms with E-state index in [9.17, 15) is 9.59 Å². The van der Waals surface area contributed by atoms with Gasteiger partial charge in [-0.25, -0.2) is 19.7 Å². The largest absolute Gasteiger partial charge is 0.422 e. The average Bonchev–Trinajstić information content (AvgIpc) is 3.07. The molecule has 0 fully saturated rings. The Balaban J connectivity index is 1.67. The van der Waals surface area contributed by atoms with Crippen molar-refractivity contribution in [2.75, 3.05) is 5.32 Å². The number of benzene rings is 1. The quantitative estimate of drug-likeness (QED) is 0.505. The molecule has 0 saturated heterocycles. The molecule has 0 unspecified atom stereocenters. The molecule has 4 aromatic rings. The highest BCUT2D eigenvalue weighted by molar-refractivity contribution is 9.10. The summed E-state index contributed by atoms with van der Waals surface area (Å²) >= 11 is 3.35. The number of hydrogen-bond donors (Lipinski definition) is 1. The molecular formula is C18H12BrN5O3. The normalized spacial score (nSPS) is 10.9. The third kappa shape index (κ3) is 3.36. The second-order valence-corrected chi connectivity index (χ2v) is 6.61. The zero-order chi connectivity index (χ0) is 19.0. The van der Waals surface area contributed by atoms with Crippen molar-refractivity contribution < 1.29 is 9.21 Å². The lowest BCUT2D eigenvalue weighted by Gasteiger charge is -2.07. The minimum Gasteiger partial charge on any atom is -0.422 e. The SMILES string of the molecule is Cc1nccn1-c1cc(NC(=O)c2cc3cc(Br)ccc3oc2=O)ncn1. The number of fused-ring (bicyclic) bond motifs is 1. The molecule has 0 radical (unpaired) electrons. The van der Waals surface area contributed by atoms with E-state index in [1.807, 2.05) is 6.92 Å². The van der Waals surface area contributed by atoms with E-state index in [0.717, 1.165) is 10.3 Å². The maximum atomic E-state index is 12.6. The van der Waals surface area contributed by atoms with Gasteiger partial charge in [-0.15, -0.1) is 0 Å². The van der Waals surface area contributed by atoms with Gasteiger partial charge in [0.25, 0.3) is 5.91 Å². The van der Waals surface area contributed by atoms with Gasteiger partial charge < -0.3 is 9.73 Å². The van der Waals surface area contributed by atoms with Crippen LogP contribution in [-0.4, -0.2) is 25.4 Å². The number of anilines is 1. The fourth-order valence-corrected chi connectivity index (χ4v) is 2.98. The van der Waals surface area contributed by atoms with Crippen molar-refractivity contribution in [3.63, 3.8) is 0 Å². The summed E-state index contributed by atoms with van der Waals surface area (Å²) in [5.74, 6) is 0.931. The summed E-state index contributed by atoms with van der Waals surface area (Å²) in [6.07, 6.45) is 4.72. The van der Waals surface area contributed by atoms with Crippen LogP contribution in [0.25, 0.3) is 16.8 Å². The molecular weight excluding hydrogens is 414 g/mol. The first-order chi connectivity index (χ1) is 13.0. The number of halogens is 1. The molecule has 0 saturated carbocycles. The van der Waals surface area contributed by atoms with Gasteiger partial charge in [0.1, 0.15) is 34.9 Å². The summed E-state index contributed by atoms with van der Waals surface area (Å²) in [5.41, 5.74) is -0.429. The molecule has 0 aliphatic heterocycles. The van der Waals surface area contributed by atoms with E-state index < -0.39 is 11.5 Å². The molecule has 1 N–H and O–H groups in total. The lowest BCUT2D eigenvalue weighted by Crippen LogP contribution is -2.21. The van der Waals surface area contributed by atoms with Gasteiger partial charge in [0, 0.05) is 28.3 Å². The number of rotatable bonds is 3. The molecule has 8 nitrogen and oxygen atoms in total. The molecule has 9 heteroatoms. The Morgan fingerprint density at radius 3 is 2.81 bits per heavy atom. The van der Waals surface area contributed by atoms with Gasteiger partial charge in [0.2, 0.25) is 0 Å². The molecule has 0 aliphatic carbocycles. The highest BCUT2D eigenvalue weighted by Gasteiger charge is 2.15. The van der Waals surface area contributed by atoms with Gasteiger partial charge in [-0.1, -0.05) is 15.9 Å². The lowest BCUT2D eigenvalue weighted by molar-refractivity contribution is 0.102. The van der Waals surface area contributed by atoms with Crippen molar-refractivity contribution in [1.29, 1.82) is 0 Å². The minimum atomic E-state index is -0.720. The molecule has 0 spiro atoms. The number of nitrogens with one attached hydrogen (secondary N) is 1. The van der Waals surface area contributed by atoms with E-state index in [0.29, 0.717) is 16.8 Å². The van der Waals surface area contributed by atoms with Crippen LogP contribution in [0.3, 0.4) is 0 Å². The molecule has 1 aromatic carbocycles. The van der Waals surface area contributed by atoms with E-state index in [1.54, 1.807) is 41.2 Å².